The van der Waals surface area contributed by atoms with Crippen LogP contribution in [0.2, 0.25) is 0 Å². The second-order valence-corrected chi connectivity index (χ2v) is 5.71. The summed E-state index contributed by atoms with van der Waals surface area (Å²) in [4.78, 5) is 24.5. The second kappa shape index (κ2) is 5.66. The number of benzene rings is 1. The van der Waals surface area contributed by atoms with E-state index in [1.54, 1.807) is 0 Å². The van der Waals surface area contributed by atoms with Crippen LogP contribution in [0.1, 0.15) is 12.5 Å². The van der Waals surface area contributed by atoms with Crippen LogP contribution >= 0.6 is 0 Å². The predicted octanol–water partition coefficient (Wildman–Crippen LogP) is 1.97. The molecule has 120 valence electrons. The lowest BCUT2D eigenvalue weighted by molar-refractivity contribution is -0.139. The van der Waals surface area contributed by atoms with Gasteiger partial charge < -0.3 is 14.2 Å². The zero-order chi connectivity index (χ0) is 16.6. The molecule has 0 spiro atoms. The molecule has 5 heteroatoms. The highest BCUT2D eigenvalue weighted by Crippen LogP contribution is 2.48. The van der Waals surface area contributed by atoms with Crippen molar-refractivity contribution in [1.82, 2.24) is 0 Å². The number of hydrogen-bond acceptors (Lipinski definition) is 5. The average Bonchev–Trinajstić information content (AvgIpc) is 3.05. The van der Waals surface area contributed by atoms with E-state index in [2.05, 4.69) is 0 Å². The molecule has 2 aliphatic heterocycles. The molecular formula is C18H18O5. The molecule has 0 amide bonds. The molecule has 0 aliphatic carbocycles. The first-order valence-electron chi connectivity index (χ1n) is 7.35. The lowest BCUT2D eigenvalue weighted by atomic mass is 9.80. The van der Waals surface area contributed by atoms with E-state index >= 15 is 0 Å². The number of rotatable bonds is 4. The Balaban J connectivity index is 2.11. The van der Waals surface area contributed by atoms with Crippen molar-refractivity contribution in [1.29, 1.82) is 0 Å². The summed E-state index contributed by atoms with van der Waals surface area (Å²) in [6.45, 7) is 1.88. The van der Waals surface area contributed by atoms with Gasteiger partial charge in [0.25, 0.3) is 0 Å². The lowest BCUT2D eigenvalue weighted by Gasteiger charge is -2.25. The van der Waals surface area contributed by atoms with Gasteiger partial charge in [-0.05, 0) is 24.1 Å². The molecule has 5 nitrogen and oxygen atoms in total. The molecule has 0 N–H and O–H groups in total. The summed E-state index contributed by atoms with van der Waals surface area (Å²) >= 11 is 0. The van der Waals surface area contributed by atoms with Crippen molar-refractivity contribution in [2.45, 2.75) is 25.0 Å². The summed E-state index contributed by atoms with van der Waals surface area (Å²) in [6, 6.07) is 9.69. The van der Waals surface area contributed by atoms with Crippen molar-refractivity contribution in [2.24, 2.45) is 0 Å². The Labute approximate surface area is 134 Å². The molecule has 0 saturated carbocycles. The Hall–Kier alpha value is -2.40. The van der Waals surface area contributed by atoms with Crippen LogP contribution in [-0.4, -0.2) is 37.9 Å². The third-order valence-electron chi connectivity index (χ3n) is 4.26. The SMILES string of the molecule is COC(=O)C1=C(C(=O)OC)C2(Cc3ccccc3)C=C(C)C1O2. The van der Waals surface area contributed by atoms with Crippen LogP contribution in [0.3, 0.4) is 0 Å². The van der Waals surface area contributed by atoms with Gasteiger partial charge in [0.2, 0.25) is 0 Å². The van der Waals surface area contributed by atoms with Gasteiger partial charge in [-0.2, -0.15) is 0 Å². The number of esters is 2. The molecule has 3 rings (SSSR count). The maximum absolute atomic E-state index is 12.3. The van der Waals surface area contributed by atoms with E-state index in [1.807, 2.05) is 43.3 Å². The van der Waals surface area contributed by atoms with E-state index < -0.39 is 23.6 Å². The summed E-state index contributed by atoms with van der Waals surface area (Å²) in [5, 5.41) is 0. The highest BCUT2D eigenvalue weighted by Gasteiger charge is 2.56. The van der Waals surface area contributed by atoms with Crippen molar-refractivity contribution < 1.29 is 23.8 Å². The first-order chi connectivity index (χ1) is 11.0. The molecule has 1 aromatic carbocycles. The van der Waals surface area contributed by atoms with Crippen LogP contribution in [0, 0.1) is 0 Å². The summed E-state index contributed by atoms with van der Waals surface area (Å²) in [5.41, 5.74) is 1.41. The molecule has 0 fully saturated rings. The summed E-state index contributed by atoms with van der Waals surface area (Å²) in [6.07, 6.45) is 1.80. The minimum atomic E-state index is -0.979. The average molecular weight is 314 g/mol. The topological polar surface area (TPSA) is 61.8 Å². The second-order valence-electron chi connectivity index (χ2n) is 5.71. The van der Waals surface area contributed by atoms with E-state index in [4.69, 9.17) is 14.2 Å². The van der Waals surface area contributed by atoms with Crippen molar-refractivity contribution in [3.05, 3.63) is 58.7 Å². The Morgan fingerprint density at radius 3 is 2.39 bits per heavy atom. The molecule has 2 atom stereocenters. The fourth-order valence-corrected chi connectivity index (χ4v) is 3.34. The van der Waals surface area contributed by atoms with Gasteiger partial charge >= 0.3 is 11.9 Å². The molecule has 0 aromatic heterocycles. The monoisotopic (exact) mass is 314 g/mol. The largest absolute Gasteiger partial charge is 0.466 e. The van der Waals surface area contributed by atoms with Gasteiger partial charge in [-0.25, -0.2) is 9.59 Å². The first kappa shape index (κ1) is 15.5. The predicted molar refractivity (Wildman–Crippen MR) is 82.6 cm³/mol. The Morgan fingerprint density at radius 1 is 1.13 bits per heavy atom. The standard InChI is InChI=1S/C18H18O5/c1-11-9-18(10-12-7-5-4-6-8-12)14(17(20)22-3)13(15(11)23-18)16(19)21-2/h4-9,15H,10H2,1-3H3. The number of carbonyl (C=O) groups excluding carboxylic acids is 2. The van der Waals surface area contributed by atoms with Gasteiger partial charge in [0.15, 0.2) is 0 Å². The van der Waals surface area contributed by atoms with Gasteiger partial charge in [0, 0.05) is 6.42 Å². The first-order valence-corrected chi connectivity index (χ1v) is 7.35. The van der Waals surface area contributed by atoms with Crippen LogP contribution in [0.25, 0.3) is 0 Å². The Morgan fingerprint density at radius 2 is 1.78 bits per heavy atom. The van der Waals surface area contributed by atoms with Gasteiger partial charge in [-0.15, -0.1) is 0 Å². The maximum Gasteiger partial charge on any atom is 0.337 e. The smallest absolute Gasteiger partial charge is 0.337 e. The number of fused-ring (bicyclic) bond motifs is 2. The van der Waals surface area contributed by atoms with Crippen molar-refractivity contribution in [2.75, 3.05) is 14.2 Å². The summed E-state index contributed by atoms with van der Waals surface area (Å²) in [7, 11) is 2.59. The van der Waals surface area contributed by atoms with Crippen LogP contribution in [0.5, 0.6) is 0 Å². The summed E-state index contributed by atoms with van der Waals surface area (Å²) < 4.78 is 15.8. The van der Waals surface area contributed by atoms with E-state index in [9.17, 15) is 9.59 Å². The molecule has 1 aromatic rings. The molecule has 23 heavy (non-hydrogen) atoms. The van der Waals surface area contributed by atoms with Crippen LogP contribution in [0.15, 0.2) is 53.1 Å². The zero-order valence-electron chi connectivity index (χ0n) is 13.3. The molecular weight excluding hydrogens is 296 g/mol. The molecule has 0 saturated heterocycles. The number of ether oxygens (including phenoxy) is 3. The number of carbonyl (C=O) groups is 2. The van der Waals surface area contributed by atoms with E-state index in [1.165, 1.54) is 14.2 Å². The van der Waals surface area contributed by atoms with E-state index in [0.29, 0.717) is 6.42 Å². The lowest BCUT2D eigenvalue weighted by Crippen LogP contribution is -2.35. The van der Waals surface area contributed by atoms with Crippen LogP contribution in [-0.2, 0) is 30.2 Å². The van der Waals surface area contributed by atoms with Gasteiger partial charge in [0.1, 0.15) is 11.7 Å². The quantitative estimate of drug-likeness (QED) is 0.628. The molecule has 2 aliphatic rings. The molecule has 2 heterocycles. The van der Waals surface area contributed by atoms with Gasteiger partial charge in [-0.1, -0.05) is 30.3 Å². The third kappa shape index (κ3) is 2.37. The molecule has 2 unspecified atom stereocenters. The van der Waals surface area contributed by atoms with Crippen molar-refractivity contribution in [3.63, 3.8) is 0 Å². The summed E-state index contributed by atoms with van der Waals surface area (Å²) in [5.74, 6) is -1.12. The fourth-order valence-electron chi connectivity index (χ4n) is 3.34. The van der Waals surface area contributed by atoms with Gasteiger partial charge in [-0.3, -0.25) is 0 Å². The van der Waals surface area contributed by atoms with Crippen molar-refractivity contribution in [3.8, 4) is 0 Å². The molecule has 0 radical (unpaired) electrons. The van der Waals surface area contributed by atoms with Gasteiger partial charge in [0.05, 0.1) is 25.4 Å². The van der Waals surface area contributed by atoms with Crippen molar-refractivity contribution >= 4 is 11.9 Å². The Kier molecular flexibility index (Phi) is 3.82. The van der Waals surface area contributed by atoms with Crippen LogP contribution in [0.4, 0.5) is 0 Å². The Bertz CT molecular complexity index is 716. The number of methoxy groups -OCH3 is 2. The maximum atomic E-state index is 12.3. The highest BCUT2D eigenvalue weighted by molar-refractivity contribution is 6.05. The molecule has 2 bridgehead atoms. The van der Waals surface area contributed by atoms with Crippen LogP contribution < -0.4 is 0 Å². The minimum Gasteiger partial charge on any atom is -0.466 e. The minimum absolute atomic E-state index is 0.242. The zero-order valence-corrected chi connectivity index (χ0v) is 13.3. The van der Waals surface area contributed by atoms with E-state index in [0.717, 1.165) is 11.1 Å². The van der Waals surface area contributed by atoms with E-state index in [-0.39, 0.29) is 11.1 Å². The number of hydrogen-bond donors (Lipinski definition) is 0. The fraction of sp³-hybridized carbons (Fsp3) is 0.333. The normalized spacial score (nSPS) is 25.3. The third-order valence-corrected chi connectivity index (χ3v) is 4.26. The highest BCUT2D eigenvalue weighted by atomic mass is 16.6.